The second-order valence-corrected chi connectivity index (χ2v) is 4.51. The topological polar surface area (TPSA) is 26.3 Å². The molecule has 86 valence electrons. The van der Waals surface area contributed by atoms with E-state index in [4.69, 9.17) is 4.74 Å². The molecule has 1 fully saturated rings. The Hall–Kier alpha value is -0.790. The van der Waals surface area contributed by atoms with Crippen molar-refractivity contribution >= 4 is 5.78 Å². The van der Waals surface area contributed by atoms with Crippen LogP contribution in [0.3, 0.4) is 0 Å². The second kappa shape index (κ2) is 5.94. The average Bonchev–Trinajstić information content (AvgIpc) is 2.61. The summed E-state index contributed by atoms with van der Waals surface area (Å²) < 4.78 is 5.29. The molecule has 0 saturated heterocycles. The van der Waals surface area contributed by atoms with E-state index in [1.807, 2.05) is 13.0 Å². The van der Waals surface area contributed by atoms with Crippen LogP contribution in [-0.2, 0) is 9.53 Å². The molecule has 1 unspecified atom stereocenters. The minimum absolute atomic E-state index is 0.302. The van der Waals surface area contributed by atoms with Crippen molar-refractivity contribution in [1.82, 2.24) is 0 Å². The van der Waals surface area contributed by atoms with E-state index in [2.05, 4.69) is 6.92 Å². The van der Waals surface area contributed by atoms with Gasteiger partial charge in [-0.05, 0) is 31.6 Å². The predicted molar refractivity (Wildman–Crippen MR) is 61.6 cm³/mol. The summed E-state index contributed by atoms with van der Waals surface area (Å²) in [6.45, 7) is 4.93. The number of ketones is 1. The lowest BCUT2D eigenvalue weighted by atomic mass is 9.79. The molecule has 1 aliphatic carbocycles. The highest BCUT2D eigenvalue weighted by Gasteiger charge is 2.35. The number of carbonyl (C=O) groups excluding carboxylic acids is 1. The maximum atomic E-state index is 11.3. The van der Waals surface area contributed by atoms with Crippen LogP contribution < -0.4 is 0 Å². The summed E-state index contributed by atoms with van der Waals surface area (Å²) >= 11 is 0. The summed E-state index contributed by atoms with van der Waals surface area (Å²) in [4.78, 5) is 11.3. The van der Waals surface area contributed by atoms with Crippen molar-refractivity contribution in [2.45, 2.75) is 52.4 Å². The first kappa shape index (κ1) is 12.3. The third-order valence-electron chi connectivity index (χ3n) is 3.46. The minimum Gasteiger partial charge on any atom is -0.502 e. The average molecular weight is 210 g/mol. The van der Waals surface area contributed by atoms with Gasteiger partial charge in [0.15, 0.2) is 0 Å². The van der Waals surface area contributed by atoms with Gasteiger partial charge in [0.25, 0.3) is 0 Å². The molecular formula is C13H22O2. The molecule has 2 nitrogen and oxygen atoms in total. The van der Waals surface area contributed by atoms with Crippen LogP contribution in [0, 0.1) is 5.41 Å². The maximum Gasteiger partial charge on any atom is 0.133 e. The van der Waals surface area contributed by atoms with Crippen molar-refractivity contribution in [2.75, 3.05) is 6.61 Å². The van der Waals surface area contributed by atoms with Crippen LogP contribution in [0.1, 0.15) is 52.4 Å². The molecule has 1 aliphatic rings. The zero-order valence-electron chi connectivity index (χ0n) is 9.92. The van der Waals surface area contributed by atoms with Gasteiger partial charge in [-0.3, -0.25) is 4.79 Å². The third kappa shape index (κ3) is 3.69. The standard InChI is InChI=1S/C13H22O2/c1-3-9-15-10-5-7-13(4-2)8-6-12(14)11-13/h3,9H,4-8,10-11H2,1-2H3/b9-3+. The third-order valence-corrected chi connectivity index (χ3v) is 3.46. The molecule has 0 N–H and O–H groups in total. The Bertz CT molecular complexity index is 233. The highest BCUT2D eigenvalue weighted by atomic mass is 16.5. The Morgan fingerprint density at radius 2 is 2.33 bits per heavy atom. The van der Waals surface area contributed by atoms with Gasteiger partial charge in [0, 0.05) is 12.8 Å². The molecule has 1 rings (SSSR count). The van der Waals surface area contributed by atoms with E-state index in [1.54, 1.807) is 6.26 Å². The van der Waals surface area contributed by atoms with Crippen molar-refractivity contribution in [3.8, 4) is 0 Å². The molecule has 0 aromatic heterocycles. The fourth-order valence-corrected chi connectivity index (χ4v) is 2.39. The van der Waals surface area contributed by atoms with E-state index in [0.717, 1.165) is 45.1 Å². The van der Waals surface area contributed by atoms with Gasteiger partial charge in [-0.2, -0.15) is 0 Å². The van der Waals surface area contributed by atoms with Gasteiger partial charge < -0.3 is 4.74 Å². The van der Waals surface area contributed by atoms with Gasteiger partial charge in [-0.1, -0.05) is 19.4 Å². The predicted octanol–water partition coefficient (Wildman–Crippen LogP) is 3.47. The van der Waals surface area contributed by atoms with Crippen LogP contribution in [0.25, 0.3) is 0 Å². The van der Waals surface area contributed by atoms with Crippen LogP contribution in [0.5, 0.6) is 0 Å². The van der Waals surface area contributed by atoms with Crippen molar-refractivity contribution in [2.24, 2.45) is 5.41 Å². The van der Waals surface area contributed by atoms with Crippen LogP contribution >= 0.6 is 0 Å². The summed E-state index contributed by atoms with van der Waals surface area (Å²) in [5, 5.41) is 0. The van der Waals surface area contributed by atoms with E-state index in [9.17, 15) is 4.79 Å². The van der Waals surface area contributed by atoms with E-state index in [0.29, 0.717) is 11.2 Å². The summed E-state index contributed by atoms with van der Waals surface area (Å²) in [5.41, 5.74) is 0.302. The van der Waals surface area contributed by atoms with Crippen molar-refractivity contribution in [3.05, 3.63) is 12.3 Å². The fourth-order valence-electron chi connectivity index (χ4n) is 2.39. The Balaban J connectivity index is 2.25. The van der Waals surface area contributed by atoms with Crippen molar-refractivity contribution < 1.29 is 9.53 Å². The molecule has 1 saturated carbocycles. The first-order chi connectivity index (χ1) is 7.22. The Morgan fingerprint density at radius 1 is 1.53 bits per heavy atom. The summed E-state index contributed by atoms with van der Waals surface area (Å²) in [6, 6.07) is 0. The number of Topliss-reactive ketones (excluding diaryl/α,β-unsaturated/α-hetero) is 1. The molecule has 0 bridgehead atoms. The Labute approximate surface area is 92.7 Å². The van der Waals surface area contributed by atoms with E-state index < -0.39 is 0 Å². The van der Waals surface area contributed by atoms with Gasteiger partial charge in [0.05, 0.1) is 12.9 Å². The molecule has 15 heavy (non-hydrogen) atoms. The number of carbonyl (C=O) groups is 1. The highest BCUT2D eigenvalue weighted by Crippen LogP contribution is 2.42. The largest absolute Gasteiger partial charge is 0.502 e. The summed E-state index contributed by atoms with van der Waals surface area (Å²) in [7, 11) is 0. The number of hydrogen-bond donors (Lipinski definition) is 0. The normalized spacial score (nSPS) is 26.4. The van der Waals surface area contributed by atoms with E-state index in [1.165, 1.54) is 0 Å². The maximum absolute atomic E-state index is 11.3. The quantitative estimate of drug-likeness (QED) is 0.495. The van der Waals surface area contributed by atoms with Crippen LogP contribution in [0.4, 0.5) is 0 Å². The first-order valence-corrected chi connectivity index (χ1v) is 5.97. The monoisotopic (exact) mass is 210 g/mol. The molecule has 0 radical (unpaired) electrons. The molecule has 0 aromatic carbocycles. The highest BCUT2D eigenvalue weighted by molar-refractivity contribution is 5.81. The van der Waals surface area contributed by atoms with E-state index in [-0.39, 0.29) is 0 Å². The molecule has 0 aliphatic heterocycles. The van der Waals surface area contributed by atoms with Crippen LogP contribution in [-0.4, -0.2) is 12.4 Å². The van der Waals surface area contributed by atoms with Gasteiger partial charge in [0.2, 0.25) is 0 Å². The van der Waals surface area contributed by atoms with Crippen molar-refractivity contribution in [1.29, 1.82) is 0 Å². The number of allylic oxidation sites excluding steroid dienone is 1. The lowest BCUT2D eigenvalue weighted by Crippen LogP contribution is -2.16. The molecule has 0 heterocycles. The number of hydrogen-bond acceptors (Lipinski definition) is 2. The lowest BCUT2D eigenvalue weighted by molar-refractivity contribution is -0.118. The van der Waals surface area contributed by atoms with Crippen LogP contribution in [0.15, 0.2) is 12.3 Å². The Morgan fingerprint density at radius 3 is 2.87 bits per heavy atom. The molecule has 0 spiro atoms. The lowest BCUT2D eigenvalue weighted by Gasteiger charge is -2.26. The van der Waals surface area contributed by atoms with E-state index >= 15 is 0 Å². The SMILES string of the molecule is C/C=C/OCCCC1(CC)CCC(=O)C1. The van der Waals surface area contributed by atoms with Gasteiger partial charge in [-0.15, -0.1) is 0 Å². The first-order valence-electron chi connectivity index (χ1n) is 5.97. The van der Waals surface area contributed by atoms with Gasteiger partial charge in [-0.25, -0.2) is 0 Å². The second-order valence-electron chi connectivity index (χ2n) is 4.51. The summed E-state index contributed by atoms with van der Waals surface area (Å²) in [6.07, 6.45) is 9.64. The smallest absolute Gasteiger partial charge is 0.133 e. The van der Waals surface area contributed by atoms with Crippen molar-refractivity contribution in [3.63, 3.8) is 0 Å². The van der Waals surface area contributed by atoms with Crippen LogP contribution in [0.2, 0.25) is 0 Å². The van der Waals surface area contributed by atoms with Gasteiger partial charge >= 0.3 is 0 Å². The molecule has 1 atom stereocenters. The molecule has 2 heteroatoms. The molecule has 0 amide bonds. The Kier molecular flexibility index (Phi) is 4.86. The number of rotatable bonds is 6. The molecular weight excluding hydrogens is 188 g/mol. The van der Waals surface area contributed by atoms with Gasteiger partial charge in [0.1, 0.15) is 5.78 Å². The zero-order valence-corrected chi connectivity index (χ0v) is 9.92. The summed E-state index contributed by atoms with van der Waals surface area (Å²) in [5.74, 6) is 0.450. The minimum atomic E-state index is 0.302. The molecule has 0 aromatic rings. The number of ether oxygens (including phenoxy) is 1. The fraction of sp³-hybridized carbons (Fsp3) is 0.769. The zero-order chi connectivity index (χ0) is 11.1.